The first-order chi connectivity index (χ1) is 8.06. The van der Waals surface area contributed by atoms with Gasteiger partial charge in [-0.15, -0.1) is 0 Å². The average Bonchev–Trinajstić information content (AvgIpc) is 2.35. The lowest BCUT2D eigenvalue weighted by atomic mass is 9.84. The molecular formula is C13H27N3O. The maximum atomic E-state index is 11.1. The van der Waals surface area contributed by atoms with Crippen LogP contribution in [0.1, 0.15) is 52.4 Å². The van der Waals surface area contributed by atoms with E-state index in [1.807, 2.05) is 0 Å². The number of amides is 1. The number of hydrazine groups is 1. The molecule has 3 unspecified atom stereocenters. The highest BCUT2D eigenvalue weighted by Crippen LogP contribution is 2.28. The van der Waals surface area contributed by atoms with E-state index in [9.17, 15) is 4.79 Å². The molecule has 0 aliphatic heterocycles. The summed E-state index contributed by atoms with van der Waals surface area (Å²) in [6, 6.07) is 1.12. The molecule has 0 aromatic rings. The van der Waals surface area contributed by atoms with Crippen molar-refractivity contribution in [3.63, 3.8) is 0 Å². The van der Waals surface area contributed by atoms with Crippen LogP contribution in [-0.4, -0.2) is 29.9 Å². The molecule has 0 bridgehead atoms. The maximum absolute atomic E-state index is 11.1. The Morgan fingerprint density at radius 3 is 2.71 bits per heavy atom. The Labute approximate surface area is 105 Å². The smallest absolute Gasteiger partial charge is 0.233 e. The number of nitrogens with zero attached hydrogens (tertiary/aromatic N) is 1. The standard InChI is InChI=1S/C13H27N3O/c1-10-6-4-5-7-12(10)16(3)11(2)8-9-13(17)15-14/h10-12H,4-9,14H2,1-3H3,(H,15,17). The zero-order valence-electron chi connectivity index (χ0n) is 11.4. The molecule has 0 saturated heterocycles. The molecule has 3 atom stereocenters. The molecule has 4 heteroatoms. The van der Waals surface area contributed by atoms with Crippen molar-refractivity contribution in [2.45, 2.75) is 64.5 Å². The highest BCUT2D eigenvalue weighted by molar-refractivity contribution is 5.75. The molecule has 1 saturated carbocycles. The molecule has 1 rings (SSSR count). The number of nitrogens with one attached hydrogen (secondary N) is 1. The molecule has 3 N–H and O–H groups in total. The summed E-state index contributed by atoms with van der Waals surface area (Å²) in [6.07, 6.45) is 6.74. The van der Waals surface area contributed by atoms with E-state index in [2.05, 4.69) is 31.2 Å². The number of rotatable bonds is 5. The van der Waals surface area contributed by atoms with Gasteiger partial charge in [-0.1, -0.05) is 19.8 Å². The first-order valence-corrected chi connectivity index (χ1v) is 6.77. The minimum absolute atomic E-state index is 0.0676. The Hall–Kier alpha value is -0.610. The number of carbonyl (C=O) groups excluding carboxylic acids is 1. The second kappa shape index (κ2) is 6.97. The zero-order chi connectivity index (χ0) is 12.8. The van der Waals surface area contributed by atoms with Gasteiger partial charge in [0, 0.05) is 18.5 Å². The van der Waals surface area contributed by atoms with Crippen LogP contribution in [0.5, 0.6) is 0 Å². The molecule has 1 fully saturated rings. The summed E-state index contributed by atoms with van der Waals surface area (Å²) >= 11 is 0. The normalized spacial score (nSPS) is 26.9. The Bertz CT molecular complexity index is 245. The average molecular weight is 241 g/mol. The van der Waals surface area contributed by atoms with Gasteiger partial charge in [-0.05, 0) is 39.2 Å². The van der Waals surface area contributed by atoms with E-state index < -0.39 is 0 Å². The van der Waals surface area contributed by atoms with Crippen molar-refractivity contribution in [2.24, 2.45) is 11.8 Å². The highest BCUT2D eigenvalue weighted by atomic mass is 16.2. The van der Waals surface area contributed by atoms with E-state index in [1.165, 1.54) is 25.7 Å². The third-order valence-electron chi connectivity index (χ3n) is 4.23. The predicted octanol–water partition coefficient (Wildman–Crippen LogP) is 1.66. The molecule has 0 aromatic heterocycles. The van der Waals surface area contributed by atoms with Gasteiger partial charge in [-0.3, -0.25) is 10.2 Å². The van der Waals surface area contributed by atoms with Gasteiger partial charge in [0.05, 0.1) is 0 Å². The Morgan fingerprint density at radius 1 is 1.47 bits per heavy atom. The van der Waals surface area contributed by atoms with Gasteiger partial charge >= 0.3 is 0 Å². The van der Waals surface area contributed by atoms with E-state index in [4.69, 9.17) is 5.84 Å². The molecule has 4 nitrogen and oxygen atoms in total. The monoisotopic (exact) mass is 241 g/mol. The van der Waals surface area contributed by atoms with Crippen LogP contribution in [0.2, 0.25) is 0 Å². The van der Waals surface area contributed by atoms with Gasteiger partial charge in [-0.25, -0.2) is 5.84 Å². The van der Waals surface area contributed by atoms with Crippen molar-refractivity contribution in [1.82, 2.24) is 10.3 Å². The molecule has 0 aromatic carbocycles. The fourth-order valence-corrected chi connectivity index (χ4v) is 2.84. The van der Waals surface area contributed by atoms with Gasteiger partial charge in [0.2, 0.25) is 5.91 Å². The zero-order valence-corrected chi connectivity index (χ0v) is 11.4. The van der Waals surface area contributed by atoms with Crippen molar-refractivity contribution in [1.29, 1.82) is 0 Å². The SMILES string of the molecule is CC1CCCCC1N(C)C(C)CCC(=O)NN. The minimum atomic E-state index is -0.0676. The summed E-state index contributed by atoms with van der Waals surface area (Å²) in [5.74, 6) is 5.80. The summed E-state index contributed by atoms with van der Waals surface area (Å²) in [6.45, 7) is 4.55. The second-order valence-electron chi connectivity index (χ2n) is 5.45. The van der Waals surface area contributed by atoms with Crippen molar-refractivity contribution in [3.05, 3.63) is 0 Å². The molecule has 1 amide bonds. The van der Waals surface area contributed by atoms with E-state index in [0.717, 1.165) is 12.3 Å². The van der Waals surface area contributed by atoms with Gasteiger partial charge in [-0.2, -0.15) is 0 Å². The van der Waals surface area contributed by atoms with Crippen LogP contribution >= 0.6 is 0 Å². The number of hydrogen-bond donors (Lipinski definition) is 2. The van der Waals surface area contributed by atoms with Crippen LogP contribution in [0.3, 0.4) is 0 Å². The third kappa shape index (κ3) is 4.28. The van der Waals surface area contributed by atoms with Gasteiger partial charge < -0.3 is 4.90 Å². The highest BCUT2D eigenvalue weighted by Gasteiger charge is 2.27. The number of carbonyl (C=O) groups is 1. The first-order valence-electron chi connectivity index (χ1n) is 6.77. The van der Waals surface area contributed by atoms with Crippen LogP contribution in [0.15, 0.2) is 0 Å². The van der Waals surface area contributed by atoms with Crippen molar-refractivity contribution < 1.29 is 4.79 Å². The van der Waals surface area contributed by atoms with Gasteiger partial charge in [0.1, 0.15) is 0 Å². The van der Waals surface area contributed by atoms with Gasteiger partial charge in [0.15, 0.2) is 0 Å². The molecule has 1 aliphatic rings. The summed E-state index contributed by atoms with van der Waals surface area (Å²) < 4.78 is 0. The summed E-state index contributed by atoms with van der Waals surface area (Å²) in [5, 5.41) is 0. The number of nitrogens with two attached hydrogens (primary N) is 1. The molecule has 0 radical (unpaired) electrons. The largest absolute Gasteiger partial charge is 0.300 e. The lowest BCUT2D eigenvalue weighted by Crippen LogP contribution is -2.44. The van der Waals surface area contributed by atoms with E-state index in [0.29, 0.717) is 18.5 Å². The lowest BCUT2D eigenvalue weighted by molar-refractivity contribution is -0.121. The van der Waals surface area contributed by atoms with E-state index in [-0.39, 0.29) is 5.91 Å². The number of hydrogen-bond acceptors (Lipinski definition) is 3. The molecule has 17 heavy (non-hydrogen) atoms. The summed E-state index contributed by atoms with van der Waals surface area (Å²) in [4.78, 5) is 13.6. The van der Waals surface area contributed by atoms with Gasteiger partial charge in [0.25, 0.3) is 0 Å². The minimum Gasteiger partial charge on any atom is -0.300 e. The molecule has 0 spiro atoms. The predicted molar refractivity (Wildman–Crippen MR) is 70.2 cm³/mol. The second-order valence-corrected chi connectivity index (χ2v) is 5.45. The Balaban J connectivity index is 2.39. The first kappa shape index (κ1) is 14.5. The van der Waals surface area contributed by atoms with Crippen molar-refractivity contribution in [3.8, 4) is 0 Å². The molecule has 1 aliphatic carbocycles. The maximum Gasteiger partial charge on any atom is 0.233 e. The van der Waals surface area contributed by atoms with Crippen LogP contribution in [-0.2, 0) is 4.79 Å². The fraction of sp³-hybridized carbons (Fsp3) is 0.923. The van der Waals surface area contributed by atoms with Crippen molar-refractivity contribution in [2.75, 3.05) is 7.05 Å². The lowest BCUT2D eigenvalue weighted by Gasteiger charge is -2.39. The van der Waals surface area contributed by atoms with E-state index >= 15 is 0 Å². The van der Waals surface area contributed by atoms with Crippen molar-refractivity contribution >= 4 is 5.91 Å². The van der Waals surface area contributed by atoms with Crippen LogP contribution < -0.4 is 11.3 Å². The van der Waals surface area contributed by atoms with Crippen LogP contribution in [0.25, 0.3) is 0 Å². The summed E-state index contributed by atoms with van der Waals surface area (Å²) in [5.41, 5.74) is 2.19. The topological polar surface area (TPSA) is 58.4 Å². The molecule has 0 heterocycles. The Kier molecular flexibility index (Phi) is 5.92. The summed E-state index contributed by atoms with van der Waals surface area (Å²) in [7, 11) is 2.19. The molecule has 100 valence electrons. The van der Waals surface area contributed by atoms with E-state index in [1.54, 1.807) is 0 Å². The van der Waals surface area contributed by atoms with Crippen LogP contribution in [0, 0.1) is 5.92 Å². The third-order valence-corrected chi connectivity index (χ3v) is 4.23. The fourth-order valence-electron chi connectivity index (χ4n) is 2.84. The van der Waals surface area contributed by atoms with Crippen LogP contribution in [0.4, 0.5) is 0 Å². The quantitative estimate of drug-likeness (QED) is 0.437. The molecular weight excluding hydrogens is 214 g/mol. The Morgan fingerprint density at radius 2 is 2.12 bits per heavy atom.